The summed E-state index contributed by atoms with van der Waals surface area (Å²) in [7, 11) is 0. The predicted octanol–water partition coefficient (Wildman–Crippen LogP) is 3.14. The molecule has 1 fully saturated rings. The lowest BCUT2D eigenvalue weighted by atomic mass is 9.83. The van der Waals surface area contributed by atoms with Gasteiger partial charge in [-0.15, -0.1) is 0 Å². The van der Waals surface area contributed by atoms with E-state index in [-0.39, 0.29) is 13.2 Å². The zero-order chi connectivity index (χ0) is 29.6. The van der Waals surface area contributed by atoms with E-state index in [4.69, 9.17) is 9.47 Å². The molecule has 10 nitrogen and oxygen atoms in total. The monoisotopic (exact) mass is 571 g/mol. The third-order valence-corrected chi connectivity index (χ3v) is 7.77. The molecule has 0 radical (unpaired) electrons. The Morgan fingerprint density at radius 2 is 1.79 bits per heavy atom. The van der Waals surface area contributed by atoms with E-state index in [0.717, 1.165) is 30.4 Å². The maximum Gasteiger partial charge on any atom is 0.244 e. The Bertz CT molecular complexity index is 1450. The number of imide groups is 1. The Kier molecular flexibility index (Phi) is 8.80. The fourth-order valence-electron chi connectivity index (χ4n) is 5.47. The molecule has 1 saturated heterocycles. The number of nitrogens with one attached hydrogen (secondary N) is 3. The topological polar surface area (TPSA) is 140 Å². The first-order chi connectivity index (χ1) is 20.3. The molecule has 0 bridgehead atoms. The van der Waals surface area contributed by atoms with E-state index >= 15 is 0 Å². The van der Waals surface area contributed by atoms with Crippen molar-refractivity contribution in [2.75, 3.05) is 6.79 Å². The van der Waals surface area contributed by atoms with Gasteiger partial charge in [0.1, 0.15) is 12.0 Å². The summed E-state index contributed by atoms with van der Waals surface area (Å²) >= 11 is 0. The molecule has 4 amide bonds. The molecule has 2 aliphatic heterocycles. The van der Waals surface area contributed by atoms with Crippen LogP contribution < -0.4 is 25.4 Å². The summed E-state index contributed by atoms with van der Waals surface area (Å²) < 4.78 is 10.7. The van der Waals surface area contributed by atoms with Gasteiger partial charge in [0, 0.05) is 6.08 Å². The van der Waals surface area contributed by atoms with Crippen LogP contribution in [0.25, 0.3) is 6.08 Å². The van der Waals surface area contributed by atoms with Gasteiger partial charge in [0.05, 0.1) is 18.4 Å². The van der Waals surface area contributed by atoms with Crippen molar-refractivity contribution in [3.05, 3.63) is 77.4 Å². The molecule has 4 atom stereocenters. The van der Waals surface area contributed by atoms with Crippen molar-refractivity contribution < 1.29 is 33.4 Å². The van der Waals surface area contributed by atoms with Crippen molar-refractivity contribution >= 4 is 35.5 Å². The molecule has 1 unspecified atom stereocenters. The number of fused-ring (bicyclic) bond motifs is 1. The summed E-state index contributed by atoms with van der Waals surface area (Å²) in [5.41, 5.74) is 2.20. The lowest BCUT2D eigenvalue weighted by Gasteiger charge is -2.27. The van der Waals surface area contributed by atoms with E-state index in [9.17, 15) is 24.0 Å². The SMILES string of the molecule is C[C@@H]1C(=O)NC(=O)[C@H]1C(=O)C(NC(=O)C[C@H](NC(=O)/C=C/c1ccc2c(c1)OCO2)c1ccccc1)C1=CCCCC1. The second-order valence-corrected chi connectivity index (χ2v) is 10.7. The van der Waals surface area contributed by atoms with Gasteiger partial charge in [-0.2, -0.15) is 0 Å². The zero-order valence-corrected chi connectivity index (χ0v) is 23.3. The number of allylic oxidation sites excluding steroid dienone is 1. The number of hydrogen-bond acceptors (Lipinski definition) is 7. The molecular formula is C32H33N3O7. The summed E-state index contributed by atoms with van der Waals surface area (Å²) in [5.74, 6) is -3.27. The first-order valence-electron chi connectivity index (χ1n) is 14.1. The number of benzene rings is 2. The van der Waals surface area contributed by atoms with Crippen molar-refractivity contribution in [3.63, 3.8) is 0 Å². The minimum Gasteiger partial charge on any atom is -0.454 e. The van der Waals surface area contributed by atoms with Crippen molar-refractivity contribution in [1.82, 2.24) is 16.0 Å². The summed E-state index contributed by atoms with van der Waals surface area (Å²) in [6.07, 6.45) is 8.00. The maximum absolute atomic E-state index is 13.6. The summed E-state index contributed by atoms with van der Waals surface area (Å²) in [6, 6.07) is 12.7. The highest BCUT2D eigenvalue weighted by molar-refractivity contribution is 6.17. The minimum absolute atomic E-state index is 0.143. The number of carbonyl (C=O) groups is 5. The second kappa shape index (κ2) is 12.8. The van der Waals surface area contributed by atoms with Crippen LogP contribution in [0.3, 0.4) is 0 Å². The molecular weight excluding hydrogens is 538 g/mol. The largest absolute Gasteiger partial charge is 0.454 e. The summed E-state index contributed by atoms with van der Waals surface area (Å²) in [6.45, 7) is 1.69. The number of carbonyl (C=O) groups excluding carboxylic acids is 5. The van der Waals surface area contributed by atoms with Crippen LogP contribution in [0.2, 0.25) is 0 Å². The molecule has 0 saturated carbocycles. The van der Waals surface area contributed by atoms with Gasteiger partial charge in [-0.1, -0.05) is 49.4 Å². The van der Waals surface area contributed by atoms with Crippen molar-refractivity contribution in [2.24, 2.45) is 11.8 Å². The normalized spacial score (nSPS) is 20.9. The minimum atomic E-state index is -1.17. The van der Waals surface area contributed by atoms with E-state index in [0.29, 0.717) is 23.5 Å². The van der Waals surface area contributed by atoms with Crippen LogP contribution in [0.15, 0.2) is 66.3 Å². The van der Waals surface area contributed by atoms with Gasteiger partial charge in [-0.3, -0.25) is 29.3 Å². The predicted molar refractivity (Wildman–Crippen MR) is 153 cm³/mol. The fraction of sp³-hybridized carbons (Fsp3) is 0.344. The number of rotatable bonds is 10. The van der Waals surface area contributed by atoms with Gasteiger partial charge in [0.25, 0.3) is 0 Å². The molecule has 2 aromatic carbocycles. The molecule has 218 valence electrons. The lowest BCUT2D eigenvalue weighted by Crippen LogP contribution is -2.48. The molecule has 42 heavy (non-hydrogen) atoms. The van der Waals surface area contributed by atoms with Crippen LogP contribution in [0, 0.1) is 11.8 Å². The van der Waals surface area contributed by atoms with Gasteiger partial charge in [-0.25, -0.2) is 0 Å². The fourth-order valence-corrected chi connectivity index (χ4v) is 5.47. The summed E-state index contributed by atoms with van der Waals surface area (Å²) in [5, 5.41) is 7.95. The molecule has 0 aromatic heterocycles. The third-order valence-electron chi connectivity index (χ3n) is 7.77. The molecule has 3 aliphatic rings. The molecule has 3 N–H and O–H groups in total. The van der Waals surface area contributed by atoms with Crippen LogP contribution in [-0.4, -0.2) is 42.2 Å². The van der Waals surface area contributed by atoms with E-state index in [1.165, 1.54) is 13.0 Å². The van der Waals surface area contributed by atoms with Gasteiger partial charge < -0.3 is 20.1 Å². The molecule has 5 rings (SSSR count). The maximum atomic E-state index is 13.6. The molecule has 1 aliphatic carbocycles. The van der Waals surface area contributed by atoms with Crippen molar-refractivity contribution in [3.8, 4) is 11.5 Å². The smallest absolute Gasteiger partial charge is 0.244 e. The first-order valence-corrected chi connectivity index (χ1v) is 14.1. The average molecular weight is 572 g/mol. The number of Topliss-reactive ketones (excluding diaryl/α,β-unsaturated/α-hetero) is 1. The highest BCUT2D eigenvalue weighted by Crippen LogP contribution is 2.33. The highest BCUT2D eigenvalue weighted by atomic mass is 16.7. The Morgan fingerprint density at radius 1 is 1.00 bits per heavy atom. The average Bonchev–Trinajstić information content (AvgIpc) is 3.57. The van der Waals surface area contributed by atoms with Gasteiger partial charge in [-0.05, 0) is 60.6 Å². The number of amides is 4. The second-order valence-electron chi connectivity index (χ2n) is 10.7. The summed E-state index contributed by atoms with van der Waals surface area (Å²) in [4.78, 5) is 64.5. The van der Waals surface area contributed by atoms with E-state index in [1.54, 1.807) is 24.3 Å². The standard InChI is InChI=1S/C32H33N3O7/c1-19-28(32(40)35-31(19)39)30(38)29(22-10-6-3-7-11-22)34-27(37)17-23(21-8-4-2-5-9-21)33-26(36)15-13-20-12-14-24-25(16-20)42-18-41-24/h2,4-5,8-10,12-16,19,23,28-29H,3,6-7,11,17-18H2,1H3,(H,33,36)(H,34,37)(H,35,39,40)/b15-13+/t19-,23-,28+,29?/m0/s1. The first kappa shape index (κ1) is 28.8. The highest BCUT2D eigenvalue weighted by Gasteiger charge is 2.46. The Morgan fingerprint density at radius 3 is 2.50 bits per heavy atom. The molecule has 10 heteroatoms. The quantitative estimate of drug-likeness (QED) is 0.172. The van der Waals surface area contributed by atoms with E-state index in [2.05, 4.69) is 16.0 Å². The molecule has 0 spiro atoms. The van der Waals surface area contributed by atoms with Crippen LogP contribution >= 0.6 is 0 Å². The van der Waals surface area contributed by atoms with Gasteiger partial charge >= 0.3 is 0 Å². The lowest BCUT2D eigenvalue weighted by molar-refractivity contribution is -0.136. The zero-order valence-electron chi connectivity index (χ0n) is 23.3. The van der Waals surface area contributed by atoms with E-state index in [1.807, 2.05) is 36.4 Å². The van der Waals surface area contributed by atoms with Crippen molar-refractivity contribution in [2.45, 2.75) is 51.1 Å². The Balaban J connectivity index is 1.31. The van der Waals surface area contributed by atoms with Crippen LogP contribution in [0.5, 0.6) is 11.5 Å². The number of ketones is 1. The Hall–Kier alpha value is -4.73. The van der Waals surface area contributed by atoms with E-state index < -0.39 is 53.3 Å². The number of ether oxygens (including phenoxy) is 2. The van der Waals surface area contributed by atoms with Crippen LogP contribution in [0.1, 0.15) is 56.2 Å². The number of hydrogen-bond donors (Lipinski definition) is 3. The molecule has 2 aromatic rings. The third kappa shape index (κ3) is 6.59. The van der Waals surface area contributed by atoms with Crippen molar-refractivity contribution in [1.29, 1.82) is 0 Å². The van der Waals surface area contributed by atoms with Gasteiger partial charge in [0.15, 0.2) is 17.3 Å². The van der Waals surface area contributed by atoms with Crippen LogP contribution in [0.4, 0.5) is 0 Å². The molecule has 2 heterocycles. The van der Waals surface area contributed by atoms with Gasteiger partial charge in [0.2, 0.25) is 30.4 Å². The Labute approximate surface area is 243 Å². The van der Waals surface area contributed by atoms with Crippen LogP contribution in [-0.2, 0) is 24.0 Å².